The Kier molecular flexibility index (Phi) is 3.34. The Morgan fingerprint density at radius 3 is 2.78 bits per heavy atom. The molecule has 1 aromatic heterocycles. The number of aromatic nitrogens is 2. The highest BCUT2D eigenvalue weighted by Gasteiger charge is 2.14. The molecule has 0 bridgehead atoms. The molecule has 1 N–H and O–H groups in total. The third-order valence-corrected chi connectivity index (χ3v) is 2.23. The predicted octanol–water partition coefficient (Wildman–Crippen LogP) is 1.36. The van der Waals surface area contributed by atoms with Crippen LogP contribution in [0, 0.1) is 11.3 Å². The number of carbonyl (C=O) groups is 1. The molecule has 90 valence electrons. The maximum Gasteiger partial charge on any atom is 0.292 e. The fraction of sp³-hybridized carbons (Fsp3) is 0.167. The van der Waals surface area contributed by atoms with Crippen molar-refractivity contribution in [2.45, 2.75) is 6.92 Å². The van der Waals surface area contributed by atoms with Crippen LogP contribution < -0.4 is 5.32 Å². The normalized spacial score (nSPS) is 9.78. The Hall–Kier alpha value is -2.68. The van der Waals surface area contributed by atoms with Crippen LogP contribution in [0.4, 0.5) is 0 Å². The van der Waals surface area contributed by atoms with E-state index in [-0.39, 0.29) is 17.6 Å². The molecule has 0 aliphatic heterocycles. The summed E-state index contributed by atoms with van der Waals surface area (Å²) in [5, 5.41) is 14.8. The molecular formula is C12H10N4O2. The highest BCUT2D eigenvalue weighted by Crippen LogP contribution is 2.17. The first kappa shape index (κ1) is 11.8. The van der Waals surface area contributed by atoms with Crippen molar-refractivity contribution in [3.8, 4) is 17.5 Å². The van der Waals surface area contributed by atoms with Crippen LogP contribution in [0.1, 0.15) is 23.1 Å². The molecule has 2 aromatic rings. The van der Waals surface area contributed by atoms with Gasteiger partial charge in [-0.3, -0.25) is 4.79 Å². The van der Waals surface area contributed by atoms with Gasteiger partial charge in [-0.1, -0.05) is 5.16 Å². The molecule has 2 rings (SSSR count). The van der Waals surface area contributed by atoms with Crippen LogP contribution in [0.2, 0.25) is 0 Å². The highest BCUT2D eigenvalue weighted by atomic mass is 16.5. The van der Waals surface area contributed by atoms with Gasteiger partial charge in [0.2, 0.25) is 0 Å². The summed E-state index contributed by atoms with van der Waals surface area (Å²) < 4.78 is 4.99. The zero-order valence-electron chi connectivity index (χ0n) is 9.67. The van der Waals surface area contributed by atoms with Crippen molar-refractivity contribution >= 4 is 5.91 Å². The van der Waals surface area contributed by atoms with Gasteiger partial charge >= 0.3 is 0 Å². The lowest BCUT2D eigenvalue weighted by Gasteiger charge is -1.94. The second kappa shape index (κ2) is 5.10. The number of nitriles is 1. The quantitative estimate of drug-likeness (QED) is 0.877. The fourth-order valence-corrected chi connectivity index (χ4v) is 1.36. The minimum absolute atomic E-state index is 0.00351. The highest BCUT2D eigenvalue weighted by molar-refractivity contribution is 5.90. The summed E-state index contributed by atoms with van der Waals surface area (Å²) in [5.74, 6) is -0.127. The van der Waals surface area contributed by atoms with Crippen molar-refractivity contribution in [1.82, 2.24) is 15.5 Å². The number of nitrogens with zero attached hydrogens (tertiary/aromatic N) is 3. The second-order valence-electron chi connectivity index (χ2n) is 3.47. The molecule has 0 saturated carbocycles. The molecular weight excluding hydrogens is 232 g/mol. The van der Waals surface area contributed by atoms with Gasteiger partial charge in [0.15, 0.2) is 0 Å². The van der Waals surface area contributed by atoms with E-state index in [1.807, 2.05) is 6.07 Å². The van der Waals surface area contributed by atoms with Crippen LogP contribution in [0.25, 0.3) is 11.5 Å². The molecule has 0 atom stereocenters. The Morgan fingerprint density at radius 1 is 1.44 bits per heavy atom. The first-order valence-corrected chi connectivity index (χ1v) is 5.37. The van der Waals surface area contributed by atoms with Gasteiger partial charge in [-0.05, 0) is 31.2 Å². The van der Waals surface area contributed by atoms with E-state index in [1.54, 1.807) is 31.2 Å². The molecule has 0 unspecified atom stereocenters. The summed E-state index contributed by atoms with van der Waals surface area (Å²) in [4.78, 5) is 15.4. The van der Waals surface area contributed by atoms with Crippen LogP contribution in [-0.4, -0.2) is 22.6 Å². The monoisotopic (exact) mass is 242 g/mol. The molecule has 0 radical (unpaired) electrons. The molecule has 0 aliphatic carbocycles. The van der Waals surface area contributed by atoms with E-state index in [4.69, 9.17) is 9.78 Å². The van der Waals surface area contributed by atoms with Gasteiger partial charge in [-0.25, -0.2) is 0 Å². The number of hydrogen-bond donors (Lipinski definition) is 1. The Balaban J connectivity index is 2.24. The SMILES string of the molecule is CCNC(=O)c1noc(-c2ccc(C#N)cc2)n1. The minimum Gasteiger partial charge on any atom is -0.349 e. The predicted molar refractivity (Wildman–Crippen MR) is 62.5 cm³/mol. The molecule has 6 heteroatoms. The lowest BCUT2D eigenvalue weighted by molar-refractivity contribution is 0.0942. The van der Waals surface area contributed by atoms with Gasteiger partial charge in [0.1, 0.15) is 0 Å². The van der Waals surface area contributed by atoms with Crippen molar-refractivity contribution in [3.63, 3.8) is 0 Å². The lowest BCUT2D eigenvalue weighted by Crippen LogP contribution is -2.23. The zero-order valence-corrected chi connectivity index (χ0v) is 9.67. The number of nitrogens with one attached hydrogen (secondary N) is 1. The van der Waals surface area contributed by atoms with E-state index in [0.29, 0.717) is 17.7 Å². The second-order valence-corrected chi connectivity index (χ2v) is 3.47. The average Bonchev–Trinajstić information content (AvgIpc) is 2.89. The summed E-state index contributed by atoms with van der Waals surface area (Å²) in [5.41, 5.74) is 1.21. The van der Waals surface area contributed by atoms with Gasteiger partial charge in [0.05, 0.1) is 11.6 Å². The van der Waals surface area contributed by atoms with Crippen LogP contribution in [0.3, 0.4) is 0 Å². The summed E-state index contributed by atoms with van der Waals surface area (Å²) in [7, 11) is 0. The molecule has 1 aromatic carbocycles. The summed E-state index contributed by atoms with van der Waals surface area (Å²) >= 11 is 0. The fourth-order valence-electron chi connectivity index (χ4n) is 1.36. The molecule has 1 heterocycles. The smallest absolute Gasteiger partial charge is 0.292 e. The van der Waals surface area contributed by atoms with Gasteiger partial charge in [0.25, 0.3) is 17.6 Å². The average molecular weight is 242 g/mol. The van der Waals surface area contributed by atoms with E-state index in [9.17, 15) is 4.79 Å². The number of carbonyl (C=O) groups excluding carboxylic acids is 1. The van der Waals surface area contributed by atoms with Crippen molar-refractivity contribution in [1.29, 1.82) is 5.26 Å². The van der Waals surface area contributed by atoms with Crippen molar-refractivity contribution in [3.05, 3.63) is 35.7 Å². The van der Waals surface area contributed by atoms with E-state index in [0.717, 1.165) is 0 Å². The van der Waals surface area contributed by atoms with Crippen LogP contribution in [0.5, 0.6) is 0 Å². The largest absolute Gasteiger partial charge is 0.349 e. The number of rotatable bonds is 3. The van der Waals surface area contributed by atoms with E-state index in [2.05, 4.69) is 15.5 Å². The van der Waals surface area contributed by atoms with Crippen LogP contribution in [-0.2, 0) is 0 Å². The van der Waals surface area contributed by atoms with Crippen molar-refractivity contribution in [2.24, 2.45) is 0 Å². The molecule has 1 amide bonds. The zero-order chi connectivity index (χ0) is 13.0. The summed E-state index contributed by atoms with van der Waals surface area (Å²) in [6, 6.07) is 8.68. The topological polar surface area (TPSA) is 91.8 Å². The first-order valence-electron chi connectivity index (χ1n) is 5.37. The molecule has 18 heavy (non-hydrogen) atoms. The molecule has 0 saturated heterocycles. The molecule has 0 aliphatic rings. The third-order valence-electron chi connectivity index (χ3n) is 2.23. The summed E-state index contributed by atoms with van der Waals surface area (Å²) in [6.45, 7) is 2.30. The van der Waals surface area contributed by atoms with E-state index in [1.165, 1.54) is 0 Å². The molecule has 0 fully saturated rings. The maximum absolute atomic E-state index is 11.5. The van der Waals surface area contributed by atoms with Crippen molar-refractivity contribution < 1.29 is 9.32 Å². The van der Waals surface area contributed by atoms with Crippen LogP contribution in [0.15, 0.2) is 28.8 Å². The van der Waals surface area contributed by atoms with Crippen LogP contribution >= 0.6 is 0 Å². The summed E-state index contributed by atoms with van der Waals surface area (Å²) in [6.07, 6.45) is 0. The lowest BCUT2D eigenvalue weighted by atomic mass is 10.1. The number of hydrogen-bond acceptors (Lipinski definition) is 5. The van der Waals surface area contributed by atoms with Crippen molar-refractivity contribution in [2.75, 3.05) is 6.54 Å². The third kappa shape index (κ3) is 2.35. The first-order chi connectivity index (χ1) is 8.74. The number of amides is 1. The Morgan fingerprint density at radius 2 is 2.17 bits per heavy atom. The van der Waals surface area contributed by atoms with Gasteiger partial charge in [0, 0.05) is 12.1 Å². The van der Waals surface area contributed by atoms with Gasteiger partial charge < -0.3 is 9.84 Å². The van der Waals surface area contributed by atoms with E-state index < -0.39 is 0 Å². The van der Waals surface area contributed by atoms with E-state index >= 15 is 0 Å². The molecule has 0 spiro atoms. The molecule has 6 nitrogen and oxygen atoms in total. The van der Waals surface area contributed by atoms with Gasteiger partial charge in [-0.15, -0.1) is 0 Å². The number of benzene rings is 1. The maximum atomic E-state index is 11.5. The standard InChI is InChI=1S/C12H10N4O2/c1-2-14-11(17)10-15-12(18-16-10)9-5-3-8(7-13)4-6-9/h3-6H,2H2,1H3,(H,14,17). The minimum atomic E-state index is -0.374. The Labute approximate surface area is 103 Å². The van der Waals surface area contributed by atoms with Gasteiger partial charge in [-0.2, -0.15) is 10.2 Å². The Bertz CT molecular complexity index is 595.